The van der Waals surface area contributed by atoms with Crippen molar-refractivity contribution >= 4 is 11.9 Å². The lowest BCUT2D eigenvalue weighted by Crippen LogP contribution is -2.25. The fraction of sp³-hybridized carbons (Fsp3) is 0.364. The van der Waals surface area contributed by atoms with Gasteiger partial charge in [-0.1, -0.05) is 49.7 Å². The number of carboxylic acids is 2. The average molecular weight is 390 g/mol. The van der Waals surface area contributed by atoms with Gasteiger partial charge in [-0.05, 0) is 44.5 Å². The molecule has 2 aromatic carbocycles. The molecule has 1 unspecified atom stereocenters. The number of hydrogen-bond donors (Lipinski definition) is 4. The van der Waals surface area contributed by atoms with E-state index in [0.29, 0.717) is 17.5 Å². The average Bonchev–Trinajstić information content (AvgIpc) is 2.63. The summed E-state index contributed by atoms with van der Waals surface area (Å²) in [6.45, 7) is 5.45. The first-order valence-electron chi connectivity index (χ1n) is 9.04. The van der Waals surface area contributed by atoms with E-state index in [0.717, 1.165) is 12.8 Å². The summed E-state index contributed by atoms with van der Waals surface area (Å²) in [5, 5.41) is 35.2. The van der Waals surface area contributed by atoms with Crippen LogP contribution in [0.2, 0.25) is 0 Å². The predicted octanol–water partition coefficient (Wildman–Crippen LogP) is 4.08. The molecule has 0 heterocycles. The van der Waals surface area contributed by atoms with Gasteiger partial charge in [0.15, 0.2) is 0 Å². The Morgan fingerprint density at radius 1 is 0.857 bits per heavy atom. The molecule has 154 valence electrons. The second-order valence-corrected chi connectivity index (χ2v) is 6.80. The first-order valence-corrected chi connectivity index (χ1v) is 9.04. The van der Waals surface area contributed by atoms with Crippen LogP contribution in [0.5, 0.6) is 0 Å². The van der Waals surface area contributed by atoms with Crippen LogP contribution in [0, 0.1) is 0 Å². The van der Waals surface area contributed by atoms with Gasteiger partial charge in [0.2, 0.25) is 0 Å². The van der Waals surface area contributed by atoms with E-state index in [4.69, 9.17) is 10.2 Å². The molecular weight excluding hydrogens is 360 g/mol. The summed E-state index contributed by atoms with van der Waals surface area (Å²) in [6, 6.07) is 16.6. The number of carbonyl (C=O) groups is 2. The monoisotopic (exact) mass is 390 g/mol. The molecule has 0 aliphatic carbocycles. The normalized spacial score (nSPS) is 11.2. The van der Waals surface area contributed by atoms with Crippen molar-refractivity contribution in [3.8, 4) is 0 Å². The van der Waals surface area contributed by atoms with Crippen LogP contribution >= 0.6 is 0 Å². The lowest BCUT2D eigenvalue weighted by molar-refractivity contribution is 0.0156. The summed E-state index contributed by atoms with van der Waals surface area (Å²) < 4.78 is 0. The number of aliphatic hydroxyl groups excluding tert-OH is 1. The van der Waals surface area contributed by atoms with Crippen LogP contribution in [0.15, 0.2) is 60.7 Å². The lowest BCUT2D eigenvalue weighted by atomic mass is 9.99. The van der Waals surface area contributed by atoms with E-state index in [1.54, 1.807) is 74.5 Å². The summed E-state index contributed by atoms with van der Waals surface area (Å²) >= 11 is 0. The maximum Gasteiger partial charge on any atom is 0.335 e. The molecule has 1 atom stereocenters. The quantitative estimate of drug-likeness (QED) is 0.591. The molecular formula is C22H30O6. The molecule has 0 saturated heterocycles. The third-order valence-electron chi connectivity index (χ3n) is 3.40. The molecule has 0 saturated carbocycles. The van der Waals surface area contributed by atoms with Crippen LogP contribution < -0.4 is 0 Å². The van der Waals surface area contributed by atoms with Gasteiger partial charge in [-0.3, -0.25) is 0 Å². The van der Waals surface area contributed by atoms with Gasteiger partial charge in [0.05, 0.1) is 22.8 Å². The maximum atomic E-state index is 10.2. The molecule has 2 rings (SSSR count). The van der Waals surface area contributed by atoms with Crippen molar-refractivity contribution in [1.29, 1.82) is 0 Å². The SMILES string of the molecule is CCCC(O)CC(C)(C)O.O=C(O)c1ccccc1.O=C(O)c1ccccc1. The number of benzene rings is 2. The van der Waals surface area contributed by atoms with E-state index in [9.17, 15) is 19.8 Å². The van der Waals surface area contributed by atoms with Crippen molar-refractivity contribution in [3.63, 3.8) is 0 Å². The Morgan fingerprint density at radius 3 is 1.43 bits per heavy atom. The minimum atomic E-state index is -0.879. The smallest absolute Gasteiger partial charge is 0.335 e. The van der Waals surface area contributed by atoms with Crippen LogP contribution in [0.1, 0.15) is 60.7 Å². The number of rotatable bonds is 6. The van der Waals surface area contributed by atoms with Crippen molar-refractivity contribution in [2.24, 2.45) is 0 Å². The molecule has 0 spiro atoms. The molecule has 4 N–H and O–H groups in total. The van der Waals surface area contributed by atoms with Gasteiger partial charge in [-0.25, -0.2) is 9.59 Å². The van der Waals surface area contributed by atoms with Gasteiger partial charge in [-0.2, -0.15) is 0 Å². The summed E-state index contributed by atoms with van der Waals surface area (Å²) in [5.41, 5.74) is -0.0656. The highest BCUT2D eigenvalue weighted by Gasteiger charge is 2.17. The van der Waals surface area contributed by atoms with E-state index in [-0.39, 0.29) is 6.10 Å². The third-order valence-corrected chi connectivity index (χ3v) is 3.40. The Hall–Kier alpha value is -2.70. The van der Waals surface area contributed by atoms with Gasteiger partial charge < -0.3 is 20.4 Å². The molecule has 6 heteroatoms. The highest BCUT2D eigenvalue weighted by molar-refractivity contribution is 5.87. The number of aliphatic hydroxyl groups is 2. The van der Waals surface area contributed by atoms with Gasteiger partial charge in [0.1, 0.15) is 0 Å². The van der Waals surface area contributed by atoms with Crippen LogP contribution in [-0.4, -0.2) is 44.1 Å². The highest BCUT2D eigenvalue weighted by Crippen LogP contribution is 2.13. The minimum absolute atomic E-state index is 0.331. The molecule has 0 aromatic heterocycles. The van der Waals surface area contributed by atoms with E-state index in [1.807, 2.05) is 6.92 Å². The molecule has 6 nitrogen and oxygen atoms in total. The second-order valence-electron chi connectivity index (χ2n) is 6.80. The standard InChI is InChI=1S/C8H18O2.2C7H6O2/c1-4-5-7(9)6-8(2,3)10;2*8-7(9)6-4-2-1-3-5-6/h7,9-10H,4-6H2,1-3H3;2*1-5H,(H,8,9). The Bertz CT molecular complexity index is 628. The van der Waals surface area contributed by atoms with Crippen molar-refractivity contribution < 1.29 is 30.0 Å². The van der Waals surface area contributed by atoms with Crippen LogP contribution in [-0.2, 0) is 0 Å². The lowest BCUT2D eigenvalue weighted by Gasteiger charge is -2.20. The van der Waals surface area contributed by atoms with Crippen molar-refractivity contribution in [2.75, 3.05) is 0 Å². The van der Waals surface area contributed by atoms with E-state index in [2.05, 4.69) is 0 Å². The van der Waals surface area contributed by atoms with Crippen molar-refractivity contribution in [2.45, 2.75) is 51.7 Å². The number of carboxylic acid groups (broad SMARTS) is 2. The van der Waals surface area contributed by atoms with Gasteiger partial charge in [0.25, 0.3) is 0 Å². The topological polar surface area (TPSA) is 115 Å². The first kappa shape index (κ1) is 25.3. The van der Waals surface area contributed by atoms with Crippen molar-refractivity contribution in [3.05, 3.63) is 71.8 Å². The fourth-order valence-electron chi connectivity index (χ4n) is 2.17. The summed E-state index contributed by atoms with van der Waals surface area (Å²) in [5.74, 6) is -1.76. The van der Waals surface area contributed by atoms with E-state index >= 15 is 0 Å². The number of hydrogen-bond acceptors (Lipinski definition) is 4. The van der Waals surface area contributed by atoms with Crippen LogP contribution in [0.4, 0.5) is 0 Å². The Balaban J connectivity index is 0.000000391. The molecule has 0 aliphatic heterocycles. The zero-order chi connectivity index (χ0) is 21.6. The van der Waals surface area contributed by atoms with Crippen LogP contribution in [0.25, 0.3) is 0 Å². The predicted molar refractivity (Wildman–Crippen MR) is 109 cm³/mol. The number of aromatic carboxylic acids is 2. The highest BCUT2D eigenvalue weighted by atomic mass is 16.4. The zero-order valence-electron chi connectivity index (χ0n) is 16.6. The van der Waals surface area contributed by atoms with E-state index < -0.39 is 17.5 Å². The van der Waals surface area contributed by atoms with Gasteiger partial charge in [-0.15, -0.1) is 0 Å². The summed E-state index contributed by atoms with van der Waals surface area (Å²) in [7, 11) is 0. The second kappa shape index (κ2) is 13.5. The molecule has 0 fully saturated rings. The fourth-order valence-corrected chi connectivity index (χ4v) is 2.17. The summed E-state index contributed by atoms with van der Waals surface area (Å²) in [6.07, 6.45) is 1.88. The maximum absolute atomic E-state index is 10.2. The summed E-state index contributed by atoms with van der Waals surface area (Å²) in [4.78, 5) is 20.4. The Morgan fingerprint density at radius 2 is 1.21 bits per heavy atom. The Labute approximate surface area is 166 Å². The molecule has 0 radical (unpaired) electrons. The molecule has 28 heavy (non-hydrogen) atoms. The minimum Gasteiger partial charge on any atom is -0.478 e. The first-order chi connectivity index (χ1) is 13.1. The molecule has 0 amide bonds. The third kappa shape index (κ3) is 13.5. The molecule has 2 aromatic rings. The van der Waals surface area contributed by atoms with E-state index in [1.165, 1.54) is 0 Å². The van der Waals surface area contributed by atoms with Gasteiger partial charge in [0, 0.05) is 6.42 Å². The van der Waals surface area contributed by atoms with Gasteiger partial charge >= 0.3 is 11.9 Å². The largest absolute Gasteiger partial charge is 0.478 e. The molecule has 0 bridgehead atoms. The van der Waals surface area contributed by atoms with Crippen molar-refractivity contribution in [1.82, 2.24) is 0 Å². The zero-order valence-corrected chi connectivity index (χ0v) is 16.6. The Kier molecular flexibility index (Phi) is 12.2. The molecule has 0 aliphatic rings. The van der Waals surface area contributed by atoms with Crippen LogP contribution in [0.3, 0.4) is 0 Å².